The first-order chi connectivity index (χ1) is 9.79. The summed E-state index contributed by atoms with van der Waals surface area (Å²) >= 11 is 5.35. The predicted molar refractivity (Wildman–Crippen MR) is 88.4 cm³/mol. The van der Waals surface area contributed by atoms with Gasteiger partial charge in [0.05, 0.1) is 0 Å². The van der Waals surface area contributed by atoms with Crippen LogP contribution in [0.1, 0.15) is 22.4 Å². The fourth-order valence-corrected chi connectivity index (χ4v) is 3.69. The number of nitrogens with one attached hydrogen (secondary N) is 1. The average molecular weight is 350 g/mol. The van der Waals surface area contributed by atoms with Crippen molar-refractivity contribution in [3.8, 4) is 5.75 Å². The highest BCUT2D eigenvalue weighted by Crippen LogP contribution is 2.40. The summed E-state index contributed by atoms with van der Waals surface area (Å²) in [6.45, 7) is 1.63. The Labute approximate surface area is 131 Å². The fraction of sp³-hybridized carbons (Fsp3) is 0.250. The molecule has 0 bridgehead atoms. The summed E-state index contributed by atoms with van der Waals surface area (Å²) in [5, 5.41) is 5.34. The van der Waals surface area contributed by atoms with Crippen molar-refractivity contribution < 1.29 is 4.74 Å². The number of rotatable bonds is 3. The van der Waals surface area contributed by atoms with Gasteiger partial charge < -0.3 is 10.1 Å². The van der Waals surface area contributed by atoms with Crippen molar-refractivity contribution in [2.45, 2.75) is 13.0 Å². The number of halogens is 1. The Hall–Kier alpha value is -1.10. The van der Waals surface area contributed by atoms with E-state index in [-0.39, 0.29) is 0 Å². The molecular formula is C16H16BrNOS. The van der Waals surface area contributed by atoms with Gasteiger partial charge in [-0.15, -0.1) is 11.3 Å². The highest BCUT2D eigenvalue weighted by Gasteiger charge is 2.20. The second-order valence-electron chi connectivity index (χ2n) is 4.71. The molecule has 1 aliphatic rings. The minimum atomic E-state index is 0.650. The van der Waals surface area contributed by atoms with Gasteiger partial charge in [0.1, 0.15) is 12.4 Å². The summed E-state index contributed by atoms with van der Waals surface area (Å²) in [4.78, 5) is 1.33. The van der Waals surface area contributed by atoms with Crippen LogP contribution in [0.4, 0.5) is 0 Å². The van der Waals surface area contributed by atoms with E-state index in [0.29, 0.717) is 6.61 Å². The Kier molecular flexibility index (Phi) is 4.24. The van der Waals surface area contributed by atoms with Crippen molar-refractivity contribution in [1.82, 2.24) is 5.32 Å². The molecule has 1 aromatic heterocycles. The second kappa shape index (κ2) is 6.12. The molecule has 0 amide bonds. The zero-order chi connectivity index (χ0) is 13.9. The van der Waals surface area contributed by atoms with Crippen LogP contribution >= 0.6 is 27.3 Å². The van der Waals surface area contributed by atoms with Crippen molar-refractivity contribution in [1.29, 1.82) is 0 Å². The first-order valence-electron chi connectivity index (χ1n) is 6.64. The molecule has 4 heteroatoms. The molecule has 2 nitrogen and oxygen atoms in total. The van der Waals surface area contributed by atoms with Gasteiger partial charge in [0.2, 0.25) is 0 Å². The molecule has 0 unspecified atom stereocenters. The van der Waals surface area contributed by atoms with Gasteiger partial charge in [0, 0.05) is 20.5 Å². The van der Waals surface area contributed by atoms with E-state index in [1.54, 1.807) is 11.3 Å². The molecule has 2 aromatic rings. The molecule has 1 aliphatic heterocycles. The van der Waals surface area contributed by atoms with Crippen LogP contribution < -0.4 is 10.1 Å². The maximum atomic E-state index is 5.95. The van der Waals surface area contributed by atoms with Crippen LogP contribution in [0, 0.1) is 0 Å². The van der Waals surface area contributed by atoms with Gasteiger partial charge in [0.15, 0.2) is 0 Å². The third-order valence-corrected chi connectivity index (χ3v) is 4.83. The number of thiophene rings is 1. The largest absolute Gasteiger partial charge is 0.488 e. The van der Waals surface area contributed by atoms with E-state index in [4.69, 9.17) is 4.74 Å². The molecule has 2 heterocycles. The van der Waals surface area contributed by atoms with Gasteiger partial charge in [-0.25, -0.2) is 0 Å². The fourth-order valence-electron chi connectivity index (χ4n) is 2.37. The predicted octanol–water partition coefficient (Wildman–Crippen LogP) is 4.44. The number of benzene rings is 1. The van der Waals surface area contributed by atoms with Gasteiger partial charge in [-0.1, -0.05) is 22.0 Å². The van der Waals surface area contributed by atoms with E-state index < -0.39 is 0 Å². The number of fused-ring (bicyclic) bond motifs is 2. The Balaban J connectivity index is 2.11. The smallest absolute Gasteiger partial charge is 0.127 e. The molecule has 1 aromatic carbocycles. The Morgan fingerprint density at radius 2 is 2.30 bits per heavy atom. The van der Waals surface area contributed by atoms with Crippen LogP contribution in [-0.2, 0) is 6.61 Å². The summed E-state index contributed by atoms with van der Waals surface area (Å²) in [6.07, 6.45) is 3.32. The molecule has 0 saturated heterocycles. The second-order valence-corrected chi connectivity index (χ2v) is 6.55. The zero-order valence-corrected chi connectivity index (χ0v) is 13.7. The first-order valence-corrected chi connectivity index (χ1v) is 8.31. The minimum absolute atomic E-state index is 0.650. The highest BCUT2D eigenvalue weighted by molar-refractivity contribution is 9.10. The van der Waals surface area contributed by atoms with Crippen molar-refractivity contribution >= 4 is 32.8 Å². The monoisotopic (exact) mass is 349 g/mol. The Morgan fingerprint density at radius 1 is 1.40 bits per heavy atom. The molecule has 3 rings (SSSR count). The molecule has 0 radical (unpaired) electrons. The summed E-state index contributed by atoms with van der Waals surface area (Å²) in [5.74, 6) is 0.965. The van der Waals surface area contributed by atoms with E-state index >= 15 is 0 Å². The van der Waals surface area contributed by atoms with Crippen molar-refractivity contribution in [2.75, 3.05) is 13.6 Å². The van der Waals surface area contributed by atoms with Crippen molar-refractivity contribution in [3.05, 3.63) is 56.2 Å². The standard InChI is InChI=1S/C16H16BrNOS/c1-18-7-2-3-13-14-9-12(17)4-5-15(14)19-10-11-6-8-20-16(11)13/h3-6,8-9,18H,2,7,10H2,1H3. The number of hydrogen-bond acceptors (Lipinski definition) is 3. The van der Waals surface area contributed by atoms with Crippen LogP contribution in [-0.4, -0.2) is 13.6 Å². The summed E-state index contributed by atoms with van der Waals surface area (Å²) in [7, 11) is 1.98. The van der Waals surface area contributed by atoms with Gasteiger partial charge in [-0.3, -0.25) is 0 Å². The van der Waals surface area contributed by atoms with Crippen LogP contribution in [0.3, 0.4) is 0 Å². The van der Waals surface area contributed by atoms with E-state index in [9.17, 15) is 0 Å². The third kappa shape index (κ3) is 2.68. The topological polar surface area (TPSA) is 21.3 Å². The maximum Gasteiger partial charge on any atom is 0.127 e. The molecule has 20 heavy (non-hydrogen) atoms. The molecular weight excluding hydrogens is 334 g/mol. The first kappa shape index (κ1) is 13.9. The normalized spacial score (nSPS) is 15.4. The van der Waals surface area contributed by atoms with Gasteiger partial charge in [0.25, 0.3) is 0 Å². The van der Waals surface area contributed by atoms with Crippen LogP contribution in [0.15, 0.2) is 40.2 Å². The van der Waals surface area contributed by atoms with Crippen LogP contribution in [0.2, 0.25) is 0 Å². The molecule has 0 aliphatic carbocycles. The third-order valence-electron chi connectivity index (χ3n) is 3.35. The quantitative estimate of drug-likeness (QED) is 0.826. The van der Waals surface area contributed by atoms with Gasteiger partial charge in [-0.2, -0.15) is 0 Å². The highest BCUT2D eigenvalue weighted by atomic mass is 79.9. The van der Waals surface area contributed by atoms with Crippen LogP contribution in [0.5, 0.6) is 5.75 Å². The van der Waals surface area contributed by atoms with E-state index in [2.05, 4.69) is 44.8 Å². The lowest BCUT2D eigenvalue weighted by atomic mass is 10.0. The molecule has 0 fully saturated rings. The van der Waals surface area contributed by atoms with Crippen molar-refractivity contribution in [3.63, 3.8) is 0 Å². The summed E-state index contributed by atoms with van der Waals surface area (Å²) in [5.41, 5.74) is 3.74. The maximum absolute atomic E-state index is 5.95. The lowest BCUT2D eigenvalue weighted by Crippen LogP contribution is -2.06. The van der Waals surface area contributed by atoms with E-state index in [1.807, 2.05) is 19.2 Å². The lowest BCUT2D eigenvalue weighted by molar-refractivity contribution is 0.307. The lowest BCUT2D eigenvalue weighted by Gasteiger charge is -2.10. The summed E-state index contributed by atoms with van der Waals surface area (Å²) < 4.78 is 7.04. The number of hydrogen-bond donors (Lipinski definition) is 1. The SMILES string of the molecule is CNCCC=C1c2cc(Br)ccc2OCc2ccsc21. The molecule has 0 saturated carbocycles. The van der Waals surface area contributed by atoms with E-state index in [1.165, 1.54) is 21.6 Å². The molecule has 0 atom stereocenters. The molecule has 104 valence electrons. The van der Waals surface area contributed by atoms with Crippen molar-refractivity contribution in [2.24, 2.45) is 0 Å². The molecule has 0 spiro atoms. The Bertz CT molecular complexity index is 648. The number of ether oxygens (including phenoxy) is 1. The Morgan fingerprint density at radius 3 is 3.15 bits per heavy atom. The minimum Gasteiger partial charge on any atom is -0.488 e. The molecule has 1 N–H and O–H groups in total. The zero-order valence-electron chi connectivity index (χ0n) is 11.3. The van der Waals surface area contributed by atoms with Gasteiger partial charge in [-0.05, 0) is 55.2 Å². The van der Waals surface area contributed by atoms with Crippen LogP contribution in [0.25, 0.3) is 5.57 Å². The summed E-state index contributed by atoms with van der Waals surface area (Å²) in [6, 6.07) is 8.38. The van der Waals surface area contributed by atoms with Gasteiger partial charge >= 0.3 is 0 Å². The van der Waals surface area contributed by atoms with E-state index in [0.717, 1.165) is 23.2 Å². The average Bonchev–Trinajstić information content (AvgIpc) is 2.85.